The molecular formula is C17H32N2O. The topological polar surface area (TPSA) is 26.7 Å². The van der Waals surface area contributed by atoms with Gasteiger partial charge in [-0.25, -0.2) is 0 Å². The number of piperidine rings is 1. The molecule has 0 aromatic carbocycles. The van der Waals surface area contributed by atoms with Crippen molar-refractivity contribution in [1.82, 2.24) is 9.80 Å². The Morgan fingerprint density at radius 3 is 2.75 bits per heavy atom. The molecule has 1 saturated carbocycles. The fourth-order valence-corrected chi connectivity index (χ4v) is 4.65. The highest BCUT2D eigenvalue weighted by Gasteiger charge is 2.36. The number of hydrogen-bond acceptors (Lipinski definition) is 3. The van der Waals surface area contributed by atoms with Gasteiger partial charge in [0.15, 0.2) is 0 Å². The van der Waals surface area contributed by atoms with E-state index in [9.17, 15) is 5.11 Å². The SMILES string of the molecule is CC1CCC(O)C(CN2CC3CCCCN3CC2C)C1. The second-order valence-corrected chi connectivity index (χ2v) is 7.69. The Labute approximate surface area is 124 Å². The fraction of sp³-hybridized carbons (Fsp3) is 1.00. The lowest BCUT2D eigenvalue weighted by molar-refractivity contribution is -0.0225. The summed E-state index contributed by atoms with van der Waals surface area (Å²) in [5.41, 5.74) is 0. The molecule has 5 unspecified atom stereocenters. The van der Waals surface area contributed by atoms with Crippen LogP contribution in [0.15, 0.2) is 0 Å². The lowest BCUT2D eigenvalue weighted by atomic mass is 9.79. The van der Waals surface area contributed by atoms with Crippen molar-refractivity contribution in [2.75, 3.05) is 26.2 Å². The van der Waals surface area contributed by atoms with Crippen LogP contribution < -0.4 is 0 Å². The lowest BCUT2D eigenvalue weighted by Gasteiger charge is -2.49. The zero-order valence-corrected chi connectivity index (χ0v) is 13.3. The summed E-state index contributed by atoms with van der Waals surface area (Å²) in [7, 11) is 0. The van der Waals surface area contributed by atoms with Crippen molar-refractivity contribution in [2.24, 2.45) is 11.8 Å². The average Bonchev–Trinajstić information content (AvgIpc) is 2.43. The number of aliphatic hydroxyl groups is 1. The minimum Gasteiger partial charge on any atom is -0.393 e. The lowest BCUT2D eigenvalue weighted by Crippen LogP contribution is -2.59. The van der Waals surface area contributed by atoms with Crippen LogP contribution in [0.3, 0.4) is 0 Å². The summed E-state index contributed by atoms with van der Waals surface area (Å²) in [5, 5.41) is 10.3. The molecular weight excluding hydrogens is 248 g/mol. The largest absolute Gasteiger partial charge is 0.393 e. The van der Waals surface area contributed by atoms with E-state index in [0.717, 1.165) is 24.9 Å². The van der Waals surface area contributed by atoms with Crippen molar-refractivity contribution in [1.29, 1.82) is 0 Å². The normalized spacial score (nSPS) is 44.2. The van der Waals surface area contributed by atoms with Crippen LogP contribution in [0.5, 0.6) is 0 Å². The van der Waals surface area contributed by atoms with Crippen LogP contribution in [0.2, 0.25) is 0 Å². The first-order valence-electron chi connectivity index (χ1n) is 8.79. The minimum absolute atomic E-state index is 0.0530. The monoisotopic (exact) mass is 280 g/mol. The van der Waals surface area contributed by atoms with Crippen molar-refractivity contribution in [3.05, 3.63) is 0 Å². The molecule has 3 aliphatic rings. The quantitative estimate of drug-likeness (QED) is 0.841. The van der Waals surface area contributed by atoms with Gasteiger partial charge in [-0.2, -0.15) is 0 Å². The van der Waals surface area contributed by atoms with Gasteiger partial charge in [0.05, 0.1) is 6.10 Å². The maximum Gasteiger partial charge on any atom is 0.0580 e. The van der Waals surface area contributed by atoms with Crippen LogP contribution in [0, 0.1) is 11.8 Å². The zero-order chi connectivity index (χ0) is 14.1. The van der Waals surface area contributed by atoms with Gasteiger partial charge in [0, 0.05) is 31.7 Å². The smallest absolute Gasteiger partial charge is 0.0580 e. The molecule has 3 fully saturated rings. The molecule has 0 aromatic heterocycles. The van der Waals surface area contributed by atoms with Crippen molar-refractivity contribution in [3.8, 4) is 0 Å². The standard InChI is InChI=1S/C17H32N2O/c1-13-6-7-17(20)15(9-13)11-19-12-16-5-3-4-8-18(16)10-14(19)2/h13-17,20H,3-12H2,1-2H3. The second-order valence-electron chi connectivity index (χ2n) is 7.69. The molecule has 20 heavy (non-hydrogen) atoms. The molecule has 0 aromatic rings. The van der Waals surface area contributed by atoms with E-state index in [1.807, 2.05) is 0 Å². The third-order valence-corrected chi connectivity index (χ3v) is 5.99. The zero-order valence-electron chi connectivity index (χ0n) is 13.3. The first kappa shape index (κ1) is 14.8. The van der Waals surface area contributed by atoms with E-state index in [2.05, 4.69) is 23.6 Å². The number of aliphatic hydroxyl groups excluding tert-OH is 1. The Morgan fingerprint density at radius 2 is 1.90 bits per heavy atom. The third kappa shape index (κ3) is 3.20. The van der Waals surface area contributed by atoms with Gasteiger partial charge in [0.1, 0.15) is 0 Å². The Morgan fingerprint density at radius 1 is 1.05 bits per heavy atom. The van der Waals surface area contributed by atoms with Gasteiger partial charge in [-0.05, 0) is 57.4 Å². The van der Waals surface area contributed by atoms with Crippen LogP contribution in [0.25, 0.3) is 0 Å². The van der Waals surface area contributed by atoms with E-state index >= 15 is 0 Å². The van der Waals surface area contributed by atoms with E-state index in [1.165, 1.54) is 51.7 Å². The molecule has 5 atom stereocenters. The Balaban J connectivity index is 1.58. The molecule has 3 nitrogen and oxygen atoms in total. The van der Waals surface area contributed by atoms with Crippen molar-refractivity contribution in [2.45, 2.75) is 70.6 Å². The minimum atomic E-state index is -0.0530. The summed E-state index contributed by atoms with van der Waals surface area (Å²) in [6.45, 7) is 9.63. The number of nitrogens with zero attached hydrogens (tertiary/aromatic N) is 2. The van der Waals surface area contributed by atoms with E-state index in [1.54, 1.807) is 0 Å². The third-order valence-electron chi connectivity index (χ3n) is 5.99. The molecule has 2 heterocycles. The highest BCUT2D eigenvalue weighted by Crippen LogP contribution is 2.31. The van der Waals surface area contributed by atoms with Crippen LogP contribution in [0.1, 0.15) is 52.4 Å². The Bertz CT molecular complexity index is 322. The molecule has 1 aliphatic carbocycles. The molecule has 1 N–H and O–H groups in total. The van der Waals surface area contributed by atoms with Gasteiger partial charge in [0.25, 0.3) is 0 Å². The number of fused-ring (bicyclic) bond motifs is 1. The molecule has 2 aliphatic heterocycles. The Kier molecular flexibility index (Phi) is 4.68. The maximum absolute atomic E-state index is 10.3. The maximum atomic E-state index is 10.3. The predicted octanol–water partition coefficient (Wildman–Crippen LogP) is 2.34. The van der Waals surface area contributed by atoms with Gasteiger partial charge < -0.3 is 5.11 Å². The van der Waals surface area contributed by atoms with Crippen LogP contribution in [-0.4, -0.2) is 59.3 Å². The van der Waals surface area contributed by atoms with Gasteiger partial charge in [-0.15, -0.1) is 0 Å². The molecule has 0 spiro atoms. The average molecular weight is 280 g/mol. The van der Waals surface area contributed by atoms with Crippen molar-refractivity contribution >= 4 is 0 Å². The molecule has 3 heteroatoms. The summed E-state index contributed by atoms with van der Waals surface area (Å²) in [5.74, 6) is 1.31. The van der Waals surface area contributed by atoms with E-state index in [-0.39, 0.29) is 6.10 Å². The Hall–Kier alpha value is -0.120. The molecule has 0 bridgehead atoms. The summed E-state index contributed by atoms with van der Waals surface area (Å²) in [4.78, 5) is 5.39. The predicted molar refractivity (Wildman–Crippen MR) is 82.8 cm³/mol. The van der Waals surface area contributed by atoms with Gasteiger partial charge >= 0.3 is 0 Å². The second kappa shape index (κ2) is 6.33. The summed E-state index contributed by atoms with van der Waals surface area (Å²) in [6.07, 6.45) is 7.58. The summed E-state index contributed by atoms with van der Waals surface area (Å²) >= 11 is 0. The molecule has 116 valence electrons. The van der Waals surface area contributed by atoms with E-state index in [0.29, 0.717) is 12.0 Å². The molecule has 3 rings (SSSR count). The summed E-state index contributed by atoms with van der Waals surface area (Å²) < 4.78 is 0. The highest BCUT2D eigenvalue weighted by atomic mass is 16.3. The first-order valence-corrected chi connectivity index (χ1v) is 8.79. The van der Waals surface area contributed by atoms with Gasteiger partial charge in [0.2, 0.25) is 0 Å². The molecule has 0 amide bonds. The van der Waals surface area contributed by atoms with Crippen molar-refractivity contribution in [3.63, 3.8) is 0 Å². The van der Waals surface area contributed by atoms with E-state index < -0.39 is 0 Å². The van der Waals surface area contributed by atoms with Crippen LogP contribution in [0.4, 0.5) is 0 Å². The fourth-order valence-electron chi connectivity index (χ4n) is 4.65. The first-order chi connectivity index (χ1) is 9.63. The van der Waals surface area contributed by atoms with Gasteiger partial charge in [-0.1, -0.05) is 13.3 Å². The van der Waals surface area contributed by atoms with Crippen LogP contribution in [-0.2, 0) is 0 Å². The molecule has 2 saturated heterocycles. The molecule has 0 radical (unpaired) electrons. The number of hydrogen-bond donors (Lipinski definition) is 1. The van der Waals surface area contributed by atoms with Crippen LogP contribution >= 0.6 is 0 Å². The van der Waals surface area contributed by atoms with Gasteiger partial charge in [-0.3, -0.25) is 9.80 Å². The van der Waals surface area contributed by atoms with E-state index in [4.69, 9.17) is 0 Å². The van der Waals surface area contributed by atoms with Crippen molar-refractivity contribution < 1.29 is 5.11 Å². The summed E-state index contributed by atoms with van der Waals surface area (Å²) in [6, 6.07) is 1.45. The number of piperazine rings is 1. The number of rotatable bonds is 2. The highest BCUT2D eigenvalue weighted by molar-refractivity contribution is 4.91.